The zero-order chi connectivity index (χ0) is 14.8. The lowest BCUT2D eigenvalue weighted by Crippen LogP contribution is -2.40. The summed E-state index contributed by atoms with van der Waals surface area (Å²) in [7, 11) is 0. The molecule has 0 atom stereocenters. The second kappa shape index (κ2) is 5.69. The number of rotatable bonds is 3. The van der Waals surface area contributed by atoms with Gasteiger partial charge in [0.25, 0.3) is 11.8 Å². The van der Waals surface area contributed by atoms with E-state index in [0.717, 1.165) is 5.56 Å². The molecule has 1 fully saturated rings. The van der Waals surface area contributed by atoms with Crippen LogP contribution in [0.15, 0.2) is 36.0 Å². The molecule has 21 heavy (non-hydrogen) atoms. The highest BCUT2D eigenvalue weighted by atomic mass is 16.5. The van der Waals surface area contributed by atoms with E-state index < -0.39 is 0 Å². The topological polar surface area (TPSA) is 49.9 Å². The lowest BCUT2D eigenvalue weighted by atomic mass is 10.0. The zero-order valence-corrected chi connectivity index (χ0v) is 12.0. The average Bonchev–Trinajstić information content (AvgIpc) is 2.79. The molecule has 0 aromatic heterocycles. The number of likely N-dealkylation sites (N-methyl/N-ethyl adjacent to an activating group) is 1. The van der Waals surface area contributed by atoms with Gasteiger partial charge in [-0.15, -0.1) is 0 Å². The fourth-order valence-corrected chi connectivity index (χ4v) is 2.80. The van der Waals surface area contributed by atoms with Gasteiger partial charge in [0.15, 0.2) is 0 Å². The van der Waals surface area contributed by atoms with Gasteiger partial charge in [-0.2, -0.15) is 0 Å². The van der Waals surface area contributed by atoms with Crippen molar-refractivity contribution in [2.45, 2.75) is 6.92 Å². The van der Waals surface area contributed by atoms with E-state index in [9.17, 15) is 9.59 Å². The van der Waals surface area contributed by atoms with Crippen molar-refractivity contribution in [3.63, 3.8) is 0 Å². The van der Waals surface area contributed by atoms with Gasteiger partial charge in [-0.25, -0.2) is 0 Å². The maximum Gasteiger partial charge on any atom is 0.277 e. The Hall–Kier alpha value is -2.14. The van der Waals surface area contributed by atoms with Gasteiger partial charge in [0.1, 0.15) is 5.70 Å². The number of morpholine rings is 1. The first kappa shape index (κ1) is 13.8. The number of carbonyl (C=O) groups excluding carboxylic acids is 2. The summed E-state index contributed by atoms with van der Waals surface area (Å²) in [5.41, 5.74) is 1.84. The second-order valence-corrected chi connectivity index (χ2v) is 5.04. The van der Waals surface area contributed by atoms with E-state index in [-0.39, 0.29) is 11.8 Å². The van der Waals surface area contributed by atoms with E-state index in [1.807, 2.05) is 42.2 Å². The van der Waals surface area contributed by atoms with Crippen LogP contribution in [-0.4, -0.2) is 54.5 Å². The summed E-state index contributed by atoms with van der Waals surface area (Å²) in [5, 5.41) is 0. The van der Waals surface area contributed by atoms with Crippen LogP contribution < -0.4 is 0 Å². The predicted octanol–water partition coefficient (Wildman–Crippen LogP) is 1.12. The normalized spacial score (nSPS) is 19.7. The minimum absolute atomic E-state index is 0.191. The standard InChI is InChI=1S/C16H18N2O3/c1-2-18-15(19)13(12-6-4-3-5-7-12)14(16(18)20)17-8-10-21-11-9-17/h3-7H,2,8-11H2,1H3. The summed E-state index contributed by atoms with van der Waals surface area (Å²) in [6.45, 7) is 4.66. The third-order valence-electron chi connectivity index (χ3n) is 3.85. The summed E-state index contributed by atoms with van der Waals surface area (Å²) in [6.07, 6.45) is 0. The van der Waals surface area contributed by atoms with E-state index in [1.54, 1.807) is 0 Å². The molecule has 0 unspecified atom stereocenters. The molecule has 2 aliphatic rings. The first-order valence-electron chi connectivity index (χ1n) is 7.22. The molecule has 0 spiro atoms. The Labute approximate surface area is 123 Å². The van der Waals surface area contributed by atoms with E-state index in [1.165, 1.54) is 4.90 Å². The van der Waals surface area contributed by atoms with Crippen LogP contribution in [0.2, 0.25) is 0 Å². The van der Waals surface area contributed by atoms with Crippen LogP contribution in [0.1, 0.15) is 12.5 Å². The van der Waals surface area contributed by atoms with Crippen LogP contribution >= 0.6 is 0 Å². The molecular weight excluding hydrogens is 268 g/mol. The quantitative estimate of drug-likeness (QED) is 0.781. The molecule has 2 amide bonds. The number of hydrogen-bond donors (Lipinski definition) is 0. The Morgan fingerprint density at radius 2 is 1.71 bits per heavy atom. The molecule has 110 valence electrons. The summed E-state index contributed by atoms with van der Waals surface area (Å²) < 4.78 is 5.34. The molecule has 3 rings (SSSR count). The number of carbonyl (C=O) groups is 2. The van der Waals surface area contributed by atoms with Crippen molar-refractivity contribution in [3.8, 4) is 0 Å². The number of benzene rings is 1. The molecule has 2 heterocycles. The second-order valence-electron chi connectivity index (χ2n) is 5.04. The van der Waals surface area contributed by atoms with Crippen molar-refractivity contribution in [2.75, 3.05) is 32.8 Å². The molecule has 1 saturated heterocycles. The first-order valence-corrected chi connectivity index (χ1v) is 7.22. The van der Waals surface area contributed by atoms with Gasteiger partial charge < -0.3 is 9.64 Å². The summed E-state index contributed by atoms with van der Waals surface area (Å²) in [4.78, 5) is 28.5. The Kier molecular flexibility index (Phi) is 3.75. The third kappa shape index (κ3) is 2.34. The van der Waals surface area contributed by atoms with Crippen molar-refractivity contribution >= 4 is 17.4 Å². The van der Waals surface area contributed by atoms with Gasteiger partial charge in [-0.3, -0.25) is 14.5 Å². The molecule has 5 nitrogen and oxygen atoms in total. The minimum Gasteiger partial charge on any atom is -0.378 e. The Morgan fingerprint density at radius 1 is 1.05 bits per heavy atom. The summed E-state index contributed by atoms with van der Waals surface area (Å²) >= 11 is 0. The highest BCUT2D eigenvalue weighted by molar-refractivity contribution is 6.35. The Morgan fingerprint density at radius 3 is 2.33 bits per heavy atom. The van der Waals surface area contributed by atoms with Gasteiger partial charge in [0.05, 0.1) is 18.8 Å². The van der Waals surface area contributed by atoms with E-state index >= 15 is 0 Å². The van der Waals surface area contributed by atoms with Crippen molar-refractivity contribution in [1.82, 2.24) is 9.80 Å². The number of imide groups is 1. The van der Waals surface area contributed by atoms with Crippen molar-refractivity contribution in [3.05, 3.63) is 41.6 Å². The molecule has 0 bridgehead atoms. The molecule has 0 saturated carbocycles. The maximum absolute atomic E-state index is 12.6. The van der Waals surface area contributed by atoms with Gasteiger partial charge in [0, 0.05) is 19.6 Å². The molecular formula is C16H18N2O3. The maximum atomic E-state index is 12.6. The average molecular weight is 286 g/mol. The lowest BCUT2D eigenvalue weighted by Gasteiger charge is -2.29. The van der Waals surface area contributed by atoms with Gasteiger partial charge in [-0.05, 0) is 12.5 Å². The Bertz CT molecular complexity index is 589. The van der Waals surface area contributed by atoms with Gasteiger partial charge in [-0.1, -0.05) is 30.3 Å². The third-order valence-corrected chi connectivity index (χ3v) is 3.85. The molecule has 0 aliphatic carbocycles. The largest absolute Gasteiger partial charge is 0.378 e. The number of amides is 2. The van der Waals surface area contributed by atoms with Crippen LogP contribution in [0.3, 0.4) is 0 Å². The summed E-state index contributed by atoms with van der Waals surface area (Å²) in [6, 6.07) is 9.41. The smallest absolute Gasteiger partial charge is 0.277 e. The van der Waals surface area contributed by atoms with Crippen molar-refractivity contribution in [1.29, 1.82) is 0 Å². The molecule has 0 N–H and O–H groups in total. The fourth-order valence-electron chi connectivity index (χ4n) is 2.80. The highest BCUT2D eigenvalue weighted by Crippen LogP contribution is 2.31. The lowest BCUT2D eigenvalue weighted by molar-refractivity contribution is -0.137. The van der Waals surface area contributed by atoms with Crippen LogP contribution in [-0.2, 0) is 14.3 Å². The van der Waals surface area contributed by atoms with E-state index in [4.69, 9.17) is 4.74 Å². The highest BCUT2D eigenvalue weighted by Gasteiger charge is 2.40. The molecule has 1 aromatic rings. The number of hydrogen-bond acceptors (Lipinski definition) is 4. The molecule has 0 radical (unpaired) electrons. The van der Waals surface area contributed by atoms with Crippen LogP contribution in [0.4, 0.5) is 0 Å². The molecule has 1 aromatic carbocycles. The SMILES string of the molecule is CCN1C(=O)C(c2ccccc2)=C(N2CCOCC2)C1=O. The minimum atomic E-state index is -0.199. The van der Waals surface area contributed by atoms with Gasteiger partial charge in [0.2, 0.25) is 0 Å². The monoisotopic (exact) mass is 286 g/mol. The number of nitrogens with zero attached hydrogens (tertiary/aromatic N) is 2. The predicted molar refractivity (Wildman–Crippen MR) is 78.1 cm³/mol. The zero-order valence-electron chi connectivity index (χ0n) is 12.0. The fraction of sp³-hybridized carbons (Fsp3) is 0.375. The van der Waals surface area contributed by atoms with Crippen LogP contribution in [0, 0.1) is 0 Å². The van der Waals surface area contributed by atoms with Crippen molar-refractivity contribution < 1.29 is 14.3 Å². The molecule has 2 aliphatic heterocycles. The van der Waals surface area contributed by atoms with E-state index in [0.29, 0.717) is 44.1 Å². The summed E-state index contributed by atoms with van der Waals surface area (Å²) in [5.74, 6) is -0.390. The first-order chi connectivity index (χ1) is 10.2. The number of ether oxygens (including phenoxy) is 1. The van der Waals surface area contributed by atoms with Crippen molar-refractivity contribution in [2.24, 2.45) is 0 Å². The van der Waals surface area contributed by atoms with Crippen LogP contribution in [0.25, 0.3) is 5.57 Å². The molecule has 5 heteroatoms. The van der Waals surface area contributed by atoms with Gasteiger partial charge >= 0.3 is 0 Å². The van der Waals surface area contributed by atoms with Crippen LogP contribution in [0.5, 0.6) is 0 Å². The van der Waals surface area contributed by atoms with E-state index in [2.05, 4.69) is 0 Å². The Balaban J connectivity index is 2.08.